The van der Waals surface area contributed by atoms with Crippen molar-refractivity contribution in [2.75, 3.05) is 57.5 Å². The Balaban J connectivity index is 1.61. The van der Waals surface area contributed by atoms with Crippen LogP contribution in [0.4, 0.5) is 11.8 Å². The molecule has 1 aromatic rings. The summed E-state index contributed by atoms with van der Waals surface area (Å²) in [5.74, 6) is 1.55. The van der Waals surface area contributed by atoms with Crippen LogP contribution in [-0.2, 0) is 4.79 Å². The zero-order valence-electron chi connectivity index (χ0n) is 14.7. The second kappa shape index (κ2) is 6.93. The van der Waals surface area contributed by atoms with E-state index in [1.807, 2.05) is 14.1 Å². The Bertz CT molecular complexity index is 582. The topological polar surface area (TPSA) is 78.6 Å². The third-order valence-corrected chi connectivity index (χ3v) is 5.34. The molecule has 0 atom stereocenters. The van der Waals surface area contributed by atoms with Gasteiger partial charge in [0, 0.05) is 45.3 Å². The van der Waals surface area contributed by atoms with Crippen molar-refractivity contribution in [1.82, 2.24) is 19.8 Å². The maximum atomic E-state index is 12.2. The molecule has 7 heteroatoms. The fourth-order valence-corrected chi connectivity index (χ4v) is 3.73. The normalized spacial score (nSPS) is 20.9. The third-order valence-electron chi connectivity index (χ3n) is 5.34. The van der Waals surface area contributed by atoms with Crippen molar-refractivity contribution in [2.24, 2.45) is 5.41 Å². The van der Waals surface area contributed by atoms with Gasteiger partial charge in [0.05, 0.1) is 0 Å². The number of hydrogen-bond acceptors (Lipinski definition) is 6. The summed E-state index contributed by atoms with van der Waals surface area (Å²) in [6, 6.07) is 1.71. The van der Waals surface area contributed by atoms with Crippen LogP contribution in [0.5, 0.6) is 0 Å². The highest BCUT2D eigenvalue weighted by Gasteiger charge is 2.41. The average Bonchev–Trinajstić information content (AvgIpc) is 2.56. The number of likely N-dealkylation sites (N-methyl/N-ethyl adjacent to an activating group) is 1. The molecule has 0 bridgehead atoms. The fraction of sp³-hybridized carbons (Fsp3) is 0.706. The molecule has 1 amide bonds. The van der Waals surface area contributed by atoms with E-state index >= 15 is 0 Å². The van der Waals surface area contributed by atoms with Crippen molar-refractivity contribution in [1.29, 1.82) is 0 Å². The van der Waals surface area contributed by atoms with E-state index in [1.165, 1.54) is 0 Å². The lowest BCUT2D eigenvalue weighted by atomic mass is 9.72. The maximum Gasteiger partial charge on any atom is 0.227 e. The summed E-state index contributed by atoms with van der Waals surface area (Å²) in [5, 5.41) is 0. The van der Waals surface area contributed by atoms with Crippen molar-refractivity contribution in [3.8, 4) is 0 Å². The van der Waals surface area contributed by atoms with Gasteiger partial charge < -0.3 is 20.4 Å². The van der Waals surface area contributed by atoms with Gasteiger partial charge in [-0.2, -0.15) is 4.98 Å². The van der Waals surface area contributed by atoms with Gasteiger partial charge in [0.1, 0.15) is 5.82 Å². The van der Waals surface area contributed by atoms with Gasteiger partial charge >= 0.3 is 0 Å². The predicted octanol–water partition coefficient (Wildman–Crippen LogP) is 0.829. The van der Waals surface area contributed by atoms with Crippen LogP contribution in [0.25, 0.3) is 0 Å². The van der Waals surface area contributed by atoms with Gasteiger partial charge in [-0.15, -0.1) is 0 Å². The van der Waals surface area contributed by atoms with E-state index in [2.05, 4.69) is 24.7 Å². The number of piperidine rings is 2. The molecule has 0 aliphatic carbocycles. The zero-order valence-corrected chi connectivity index (χ0v) is 14.7. The third kappa shape index (κ3) is 3.77. The van der Waals surface area contributed by atoms with E-state index in [9.17, 15) is 4.79 Å². The van der Waals surface area contributed by atoms with Crippen LogP contribution in [0.3, 0.4) is 0 Å². The van der Waals surface area contributed by atoms with Crippen molar-refractivity contribution < 1.29 is 4.79 Å². The zero-order chi connectivity index (χ0) is 17.2. The van der Waals surface area contributed by atoms with Crippen LogP contribution in [0.2, 0.25) is 0 Å². The molecule has 0 unspecified atom stereocenters. The largest absolute Gasteiger partial charge is 0.384 e. The number of carbonyl (C=O) groups excluding carboxylic acids is 1. The highest BCUT2D eigenvalue weighted by atomic mass is 16.2. The summed E-state index contributed by atoms with van der Waals surface area (Å²) in [6.07, 6.45) is 5.57. The molecule has 2 aliphatic rings. The Morgan fingerprint density at radius 3 is 2.71 bits per heavy atom. The molecular formula is C17H28N6O. The molecule has 24 heavy (non-hydrogen) atoms. The van der Waals surface area contributed by atoms with Gasteiger partial charge in [0.15, 0.2) is 0 Å². The van der Waals surface area contributed by atoms with Crippen LogP contribution >= 0.6 is 0 Å². The minimum absolute atomic E-state index is 0.261. The van der Waals surface area contributed by atoms with Crippen LogP contribution in [0.15, 0.2) is 12.3 Å². The standard InChI is InChI=1S/C17H28N6O/c1-21(2)11-12-23-13-17(5-3-15(23)24)6-9-22(10-7-17)16-19-8-4-14(18)20-16/h4,8H,3,5-7,9-13H2,1-2H3,(H2,18,19,20). The monoisotopic (exact) mass is 332 g/mol. The number of anilines is 2. The van der Waals surface area contributed by atoms with E-state index in [0.29, 0.717) is 18.1 Å². The highest BCUT2D eigenvalue weighted by molar-refractivity contribution is 5.77. The Kier molecular flexibility index (Phi) is 4.89. The summed E-state index contributed by atoms with van der Waals surface area (Å²) in [6.45, 7) is 4.50. The molecule has 132 valence electrons. The average molecular weight is 332 g/mol. The first-order chi connectivity index (χ1) is 11.5. The summed E-state index contributed by atoms with van der Waals surface area (Å²) in [7, 11) is 4.10. The lowest BCUT2D eigenvalue weighted by Gasteiger charge is -2.47. The molecule has 3 heterocycles. The van der Waals surface area contributed by atoms with E-state index < -0.39 is 0 Å². The molecule has 2 fully saturated rings. The molecule has 2 saturated heterocycles. The van der Waals surface area contributed by atoms with Crippen LogP contribution in [0.1, 0.15) is 25.7 Å². The first-order valence-electron chi connectivity index (χ1n) is 8.73. The first kappa shape index (κ1) is 17.0. The SMILES string of the molecule is CN(C)CCN1CC2(CCC1=O)CCN(c1nccc(N)n1)CC2. The number of nitrogens with zero attached hydrogens (tertiary/aromatic N) is 5. The minimum Gasteiger partial charge on any atom is -0.384 e. The Morgan fingerprint density at radius 1 is 1.29 bits per heavy atom. The van der Waals surface area contributed by atoms with Gasteiger partial charge in [-0.25, -0.2) is 4.98 Å². The maximum absolute atomic E-state index is 12.2. The molecule has 1 aromatic heterocycles. The number of rotatable bonds is 4. The minimum atomic E-state index is 0.261. The van der Waals surface area contributed by atoms with E-state index in [-0.39, 0.29) is 5.41 Å². The van der Waals surface area contributed by atoms with Crippen molar-refractivity contribution in [3.05, 3.63) is 12.3 Å². The molecular weight excluding hydrogens is 304 g/mol. The number of nitrogen functional groups attached to an aromatic ring is 1. The van der Waals surface area contributed by atoms with E-state index in [4.69, 9.17) is 5.73 Å². The second-order valence-corrected chi connectivity index (χ2v) is 7.39. The summed E-state index contributed by atoms with van der Waals surface area (Å²) < 4.78 is 0. The molecule has 0 radical (unpaired) electrons. The van der Waals surface area contributed by atoms with Crippen molar-refractivity contribution in [3.63, 3.8) is 0 Å². The molecule has 3 rings (SSSR count). The van der Waals surface area contributed by atoms with Crippen molar-refractivity contribution >= 4 is 17.7 Å². The van der Waals surface area contributed by atoms with Gasteiger partial charge in [0.25, 0.3) is 0 Å². The molecule has 2 N–H and O–H groups in total. The Morgan fingerprint density at radius 2 is 2.04 bits per heavy atom. The number of carbonyl (C=O) groups is 1. The van der Waals surface area contributed by atoms with Crippen LogP contribution in [-0.4, -0.2) is 72.5 Å². The lowest BCUT2D eigenvalue weighted by molar-refractivity contribution is -0.138. The van der Waals surface area contributed by atoms with Gasteiger partial charge in [-0.05, 0) is 44.8 Å². The lowest BCUT2D eigenvalue weighted by Crippen LogP contribution is -2.52. The van der Waals surface area contributed by atoms with Crippen LogP contribution < -0.4 is 10.6 Å². The molecule has 0 aromatic carbocycles. The molecule has 7 nitrogen and oxygen atoms in total. The summed E-state index contributed by atoms with van der Waals surface area (Å²) in [4.78, 5) is 27.3. The molecule has 0 saturated carbocycles. The van der Waals surface area contributed by atoms with Crippen molar-refractivity contribution in [2.45, 2.75) is 25.7 Å². The second-order valence-electron chi connectivity index (χ2n) is 7.39. The highest BCUT2D eigenvalue weighted by Crippen LogP contribution is 2.40. The number of amides is 1. The first-order valence-corrected chi connectivity index (χ1v) is 8.73. The van der Waals surface area contributed by atoms with Gasteiger partial charge in [0.2, 0.25) is 11.9 Å². The fourth-order valence-electron chi connectivity index (χ4n) is 3.73. The van der Waals surface area contributed by atoms with Gasteiger partial charge in [-0.1, -0.05) is 0 Å². The number of aromatic nitrogens is 2. The quantitative estimate of drug-likeness (QED) is 0.880. The predicted molar refractivity (Wildman–Crippen MR) is 94.7 cm³/mol. The van der Waals surface area contributed by atoms with E-state index in [0.717, 1.165) is 57.9 Å². The number of likely N-dealkylation sites (tertiary alicyclic amines) is 1. The number of hydrogen-bond donors (Lipinski definition) is 1. The Hall–Kier alpha value is -1.89. The molecule has 1 spiro atoms. The molecule has 2 aliphatic heterocycles. The smallest absolute Gasteiger partial charge is 0.227 e. The Labute approximate surface area is 143 Å². The van der Waals surface area contributed by atoms with Gasteiger partial charge in [-0.3, -0.25) is 4.79 Å². The number of nitrogens with two attached hydrogens (primary N) is 1. The van der Waals surface area contributed by atoms with E-state index in [1.54, 1.807) is 12.3 Å². The summed E-state index contributed by atoms with van der Waals surface area (Å²) in [5.41, 5.74) is 6.03. The summed E-state index contributed by atoms with van der Waals surface area (Å²) >= 11 is 0. The van der Waals surface area contributed by atoms with Crippen LogP contribution in [0, 0.1) is 5.41 Å².